The smallest absolute Gasteiger partial charge is 0.237 e. The van der Waals surface area contributed by atoms with Crippen LogP contribution in [0.5, 0.6) is 0 Å². The maximum absolute atomic E-state index is 13.3. The van der Waals surface area contributed by atoms with Crippen LogP contribution in [0.4, 0.5) is 4.39 Å². The van der Waals surface area contributed by atoms with Crippen molar-refractivity contribution in [3.8, 4) is 0 Å². The van der Waals surface area contributed by atoms with E-state index in [9.17, 15) is 17.6 Å². The Morgan fingerprint density at radius 2 is 1.89 bits per heavy atom. The molecule has 1 aliphatic carbocycles. The van der Waals surface area contributed by atoms with Crippen LogP contribution < -0.4 is 4.72 Å². The number of hydrogen-bond donors (Lipinski definition) is 1. The Kier molecular flexibility index (Phi) is 4.43. The largest absolute Gasteiger partial charge is 0.440 e. The van der Waals surface area contributed by atoms with Gasteiger partial charge in [-0.25, -0.2) is 17.8 Å². The number of amides is 1. The van der Waals surface area contributed by atoms with Gasteiger partial charge in [-0.2, -0.15) is 0 Å². The highest BCUT2D eigenvalue weighted by molar-refractivity contribution is 7.90. The number of fused-ring (bicyclic) bond motifs is 1. The molecule has 1 saturated carbocycles. The van der Waals surface area contributed by atoms with Crippen molar-refractivity contribution in [1.82, 2.24) is 9.71 Å². The van der Waals surface area contributed by atoms with Crippen LogP contribution in [-0.4, -0.2) is 24.6 Å². The zero-order valence-corrected chi connectivity index (χ0v) is 15.1. The van der Waals surface area contributed by atoms with Crippen molar-refractivity contribution in [3.05, 3.63) is 65.8 Å². The van der Waals surface area contributed by atoms with Crippen LogP contribution in [-0.2, 0) is 14.8 Å². The van der Waals surface area contributed by atoms with E-state index >= 15 is 0 Å². The highest BCUT2D eigenvalue weighted by Crippen LogP contribution is 2.31. The number of carbonyl (C=O) groups excluding carboxylic acids is 1. The fourth-order valence-corrected chi connectivity index (χ4v) is 4.25. The van der Waals surface area contributed by atoms with Crippen molar-refractivity contribution in [2.45, 2.75) is 30.4 Å². The summed E-state index contributed by atoms with van der Waals surface area (Å²) in [5.41, 5.74) is 1.80. The molecule has 1 N–H and O–H groups in total. The van der Waals surface area contributed by atoms with Gasteiger partial charge < -0.3 is 4.42 Å². The number of rotatable bonds is 6. The normalized spacial score (nSPS) is 15.6. The van der Waals surface area contributed by atoms with Gasteiger partial charge in [-0.15, -0.1) is 0 Å². The molecule has 1 aromatic heterocycles. The van der Waals surface area contributed by atoms with Gasteiger partial charge in [0.1, 0.15) is 11.3 Å². The Balaban J connectivity index is 1.65. The van der Waals surface area contributed by atoms with E-state index < -0.39 is 32.9 Å². The first-order chi connectivity index (χ1) is 12.9. The molecule has 1 aliphatic rings. The average Bonchev–Trinajstić information content (AvgIpc) is 3.40. The van der Waals surface area contributed by atoms with E-state index in [2.05, 4.69) is 9.71 Å². The zero-order chi connectivity index (χ0) is 19.0. The maximum Gasteiger partial charge on any atom is 0.237 e. The predicted octanol–water partition coefficient (Wildman–Crippen LogP) is 3.10. The minimum atomic E-state index is -3.64. The summed E-state index contributed by atoms with van der Waals surface area (Å²) in [6.45, 7) is 0. The van der Waals surface area contributed by atoms with E-state index in [-0.39, 0.29) is 12.3 Å². The monoisotopic (exact) mass is 388 g/mol. The van der Waals surface area contributed by atoms with Gasteiger partial charge in [0.15, 0.2) is 5.58 Å². The van der Waals surface area contributed by atoms with E-state index in [0.717, 1.165) is 0 Å². The van der Waals surface area contributed by atoms with Crippen LogP contribution in [0, 0.1) is 5.82 Å². The number of sulfonamides is 1. The molecule has 1 fully saturated rings. The molecular weight excluding hydrogens is 371 g/mol. The number of aromatic nitrogens is 1. The fourth-order valence-electron chi connectivity index (χ4n) is 2.93. The molecule has 27 heavy (non-hydrogen) atoms. The Bertz CT molecular complexity index is 1060. The SMILES string of the molecule is O=C(CC(c1ccc(F)cc1)c1nc2ccccc2o1)NS(=O)(=O)C1CC1. The van der Waals surface area contributed by atoms with Gasteiger partial charge in [-0.3, -0.25) is 9.52 Å². The van der Waals surface area contributed by atoms with Crippen molar-refractivity contribution >= 4 is 27.0 Å². The second-order valence-electron chi connectivity index (χ2n) is 6.60. The van der Waals surface area contributed by atoms with Crippen molar-refractivity contribution in [2.75, 3.05) is 0 Å². The van der Waals surface area contributed by atoms with Crippen molar-refractivity contribution < 1.29 is 22.0 Å². The number of oxazole rings is 1. The van der Waals surface area contributed by atoms with Gasteiger partial charge >= 0.3 is 0 Å². The minimum Gasteiger partial charge on any atom is -0.440 e. The first kappa shape index (κ1) is 17.7. The molecule has 0 radical (unpaired) electrons. The van der Waals surface area contributed by atoms with E-state index in [1.165, 1.54) is 24.3 Å². The molecule has 2 aromatic carbocycles. The van der Waals surface area contributed by atoms with Gasteiger partial charge in [-0.05, 0) is 42.7 Å². The average molecular weight is 388 g/mol. The van der Waals surface area contributed by atoms with Crippen LogP contribution in [0.2, 0.25) is 0 Å². The molecule has 0 bridgehead atoms. The number of nitrogens with zero attached hydrogens (tertiary/aromatic N) is 1. The molecule has 1 amide bonds. The lowest BCUT2D eigenvalue weighted by Gasteiger charge is -2.14. The molecule has 140 valence electrons. The molecule has 1 unspecified atom stereocenters. The summed E-state index contributed by atoms with van der Waals surface area (Å²) >= 11 is 0. The molecule has 0 spiro atoms. The second kappa shape index (κ2) is 6.77. The van der Waals surface area contributed by atoms with Crippen LogP contribution in [0.15, 0.2) is 52.9 Å². The molecule has 6 nitrogen and oxygen atoms in total. The summed E-state index contributed by atoms with van der Waals surface area (Å²) in [5, 5.41) is -0.491. The number of hydrogen-bond acceptors (Lipinski definition) is 5. The molecule has 0 saturated heterocycles. The summed E-state index contributed by atoms with van der Waals surface area (Å²) in [6.07, 6.45) is 0.953. The third-order valence-corrected chi connectivity index (χ3v) is 6.35. The third kappa shape index (κ3) is 3.85. The molecule has 4 rings (SSSR count). The Labute approximate surface area is 155 Å². The third-order valence-electron chi connectivity index (χ3n) is 4.49. The molecule has 0 aliphatic heterocycles. The first-order valence-electron chi connectivity index (χ1n) is 8.58. The molecule has 3 aromatic rings. The zero-order valence-electron chi connectivity index (χ0n) is 14.3. The van der Waals surface area contributed by atoms with Gasteiger partial charge in [0.25, 0.3) is 0 Å². The van der Waals surface area contributed by atoms with Gasteiger partial charge in [-0.1, -0.05) is 24.3 Å². The van der Waals surface area contributed by atoms with Crippen LogP contribution in [0.3, 0.4) is 0 Å². The summed E-state index contributed by atoms with van der Waals surface area (Å²) in [5.74, 6) is -1.40. The first-order valence-corrected chi connectivity index (χ1v) is 10.1. The number of carbonyl (C=O) groups is 1. The van der Waals surface area contributed by atoms with Gasteiger partial charge in [0.05, 0.1) is 11.2 Å². The lowest BCUT2D eigenvalue weighted by atomic mass is 9.95. The van der Waals surface area contributed by atoms with E-state index in [1.54, 1.807) is 18.2 Å². The van der Waals surface area contributed by atoms with E-state index in [0.29, 0.717) is 29.5 Å². The fraction of sp³-hybridized carbons (Fsp3) is 0.263. The summed E-state index contributed by atoms with van der Waals surface area (Å²) < 4.78 is 45.2. The molecular formula is C19H17FN2O4S. The van der Waals surface area contributed by atoms with E-state index in [4.69, 9.17) is 4.42 Å². The van der Waals surface area contributed by atoms with Gasteiger partial charge in [0.2, 0.25) is 21.8 Å². The quantitative estimate of drug-likeness (QED) is 0.701. The number of para-hydroxylation sites is 2. The highest BCUT2D eigenvalue weighted by Gasteiger charge is 2.37. The van der Waals surface area contributed by atoms with Crippen LogP contribution in [0.1, 0.15) is 36.6 Å². The van der Waals surface area contributed by atoms with Crippen LogP contribution in [0.25, 0.3) is 11.1 Å². The topological polar surface area (TPSA) is 89.3 Å². The minimum absolute atomic E-state index is 0.176. The lowest BCUT2D eigenvalue weighted by Crippen LogP contribution is -2.34. The highest BCUT2D eigenvalue weighted by atomic mass is 32.2. The van der Waals surface area contributed by atoms with Crippen molar-refractivity contribution in [3.63, 3.8) is 0 Å². The molecule has 8 heteroatoms. The maximum atomic E-state index is 13.3. The summed E-state index contributed by atoms with van der Waals surface area (Å²) in [4.78, 5) is 16.8. The molecule has 1 heterocycles. The lowest BCUT2D eigenvalue weighted by molar-refractivity contribution is -0.119. The number of benzene rings is 2. The van der Waals surface area contributed by atoms with Crippen molar-refractivity contribution in [2.24, 2.45) is 0 Å². The Hall–Kier alpha value is -2.74. The standard InChI is InChI=1S/C19H17FN2O4S/c20-13-7-5-12(6-8-13)15(11-18(23)22-27(24,25)14-9-10-14)19-21-16-3-1-2-4-17(16)26-19/h1-8,14-15H,9-11H2,(H,22,23). The van der Waals surface area contributed by atoms with E-state index in [1.807, 2.05) is 6.07 Å². The number of nitrogens with one attached hydrogen (secondary N) is 1. The summed E-state index contributed by atoms with van der Waals surface area (Å²) in [7, 11) is -3.64. The summed E-state index contributed by atoms with van der Waals surface area (Å²) in [6, 6.07) is 12.8. The van der Waals surface area contributed by atoms with Crippen molar-refractivity contribution in [1.29, 1.82) is 0 Å². The Morgan fingerprint density at radius 1 is 1.19 bits per heavy atom. The second-order valence-corrected chi connectivity index (χ2v) is 8.56. The van der Waals surface area contributed by atoms with Crippen LogP contribution >= 0.6 is 0 Å². The molecule has 1 atom stereocenters. The number of halogens is 1. The van der Waals surface area contributed by atoms with Gasteiger partial charge in [0, 0.05) is 6.42 Å². The Morgan fingerprint density at radius 3 is 2.56 bits per heavy atom. The predicted molar refractivity (Wildman–Crippen MR) is 97.0 cm³/mol.